The maximum atomic E-state index is 13.6. The number of H-pyrrole nitrogens is 1. The Balaban J connectivity index is 1.71. The van der Waals surface area contributed by atoms with Crippen molar-refractivity contribution in [2.24, 2.45) is 13.0 Å². The van der Waals surface area contributed by atoms with Gasteiger partial charge in [-0.3, -0.25) is 9.48 Å². The summed E-state index contributed by atoms with van der Waals surface area (Å²) in [6.45, 7) is 4.42. The molecule has 0 bridgehead atoms. The number of esters is 1. The van der Waals surface area contributed by atoms with E-state index in [0.29, 0.717) is 53.9 Å². The minimum Gasteiger partial charge on any atom is -0.493 e. The summed E-state index contributed by atoms with van der Waals surface area (Å²) in [5.74, 6) is -0.540. The van der Waals surface area contributed by atoms with Gasteiger partial charge in [0.25, 0.3) is 5.56 Å². The fourth-order valence-electron chi connectivity index (χ4n) is 4.81. The molecule has 1 atom stereocenters. The van der Waals surface area contributed by atoms with Crippen molar-refractivity contribution < 1.29 is 27.8 Å². The summed E-state index contributed by atoms with van der Waals surface area (Å²) in [5.41, 5.74) is 1.46. The molecule has 0 radical (unpaired) electrons. The SMILES string of the molecule is CCCc1nn(C)c2c(=O)[nH]c(-c3cc(S(=O)(=O)N4CCC(C(O)C(=O)OC)CC4)ccc3OCC)nc12. The normalized spacial score (nSPS) is 16.0. The number of methoxy groups -OCH3 is 1. The number of aryl methyl sites for hydroxylation is 2. The first-order chi connectivity index (χ1) is 18.1. The Labute approximate surface area is 220 Å². The summed E-state index contributed by atoms with van der Waals surface area (Å²) >= 11 is 0. The van der Waals surface area contributed by atoms with Crippen LogP contribution in [0.2, 0.25) is 0 Å². The van der Waals surface area contributed by atoms with Crippen LogP contribution in [-0.2, 0) is 33.0 Å². The predicted molar refractivity (Wildman–Crippen MR) is 139 cm³/mol. The minimum absolute atomic E-state index is 0.0191. The van der Waals surface area contributed by atoms with E-state index in [0.717, 1.165) is 6.42 Å². The molecule has 2 aromatic heterocycles. The maximum absolute atomic E-state index is 13.6. The second-order valence-electron chi connectivity index (χ2n) is 9.23. The highest BCUT2D eigenvalue weighted by atomic mass is 32.2. The summed E-state index contributed by atoms with van der Waals surface area (Å²) in [5, 5.41) is 14.6. The van der Waals surface area contributed by atoms with Gasteiger partial charge in [0, 0.05) is 20.1 Å². The van der Waals surface area contributed by atoms with E-state index in [1.54, 1.807) is 20.0 Å². The molecule has 38 heavy (non-hydrogen) atoms. The van der Waals surface area contributed by atoms with Crippen molar-refractivity contribution >= 4 is 27.0 Å². The van der Waals surface area contributed by atoms with Crippen LogP contribution in [-0.4, -0.2) is 76.5 Å². The van der Waals surface area contributed by atoms with Crippen LogP contribution in [0.1, 0.15) is 38.8 Å². The Morgan fingerprint density at radius 1 is 1.26 bits per heavy atom. The van der Waals surface area contributed by atoms with Crippen LogP contribution in [0.15, 0.2) is 27.9 Å². The molecule has 1 saturated heterocycles. The molecule has 0 spiro atoms. The number of nitrogens with zero attached hydrogens (tertiary/aromatic N) is 4. The molecular weight excluding hydrogens is 514 g/mol. The van der Waals surface area contributed by atoms with E-state index in [9.17, 15) is 23.1 Å². The number of nitrogens with one attached hydrogen (secondary N) is 1. The predicted octanol–water partition coefficient (Wildman–Crippen LogP) is 1.61. The molecule has 1 aromatic carbocycles. The standard InChI is InChI=1S/C25H33N5O7S/c1-5-7-18-20-21(29(3)28-18)24(32)27-23(26-20)17-14-16(8-9-19(17)37-6-2)38(34,35)30-12-10-15(11-13-30)22(31)25(33)36-4/h8-9,14-15,22,31H,5-7,10-13H2,1-4H3,(H,26,27,32). The van der Waals surface area contributed by atoms with Crippen LogP contribution in [0.25, 0.3) is 22.4 Å². The van der Waals surface area contributed by atoms with E-state index in [2.05, 4.69) is 19.8 Å². The van der Waals surface area contributed by atoms with Crippen LogP contribution in [0.4, 0.5) is 0 Å². The topological polar surface area (TPSA) is 157 Å². The average molecular weight is 548 g/mol. The zero-order chi connectivity index (χ0) is 27.6. The highest BCUT2D eigenvalue weighted by Crippen LogP contribution is 2.33. The number of benzene rings is 1. The molecule has 13 heteroatoms. The molecular formula is C25H33N5O7S. The Bertz CT molecular complexity index is 1490. The second-order valence-corrected chi connectivity index (χ2v) is 11.2. The molecule has 3 heterocycles. The lowest BCUT2D eigenvalue weighted by Crippen LogP contribution is -2.43. The van der Waals surface area contributed by atoms with Gasteiger partial charge in [-0.2, -0.15) is 9.40 Å². The van der Waals surface area contributed by atoms with E-state index in [1.807, 2.05) is 6.92 Å². The number of hydrogen-bond donors (Lipinski definition) is 2. The molecule has 4 rings (SSSR count). The van der Waals surface area contributed by atoms with E-state index < -0.39 is 22.1 Å². The monoisotopic (exact) mass is 547 g/mol. The highest BCUT2D eigenvalue weighted by Gasteiger charge is 2.35. The first-order valence-electron chi connectivity index (χ1n) is 12.6. The van der Waals surface area contributed by atoms with Gasteiger partial charge in [0.15, 0.2) is 11.6 Å². The first-order valence-corrected chi connectivity index (χ1v) is 14.1. The quantitative estimate of drug-likeness (QED) is 0.380. The molecule has 206 valence electrons. The molecule has 1 fully saturated rings. The summed E-state index contributed by atoms with van der Waals surface area (Å²) in [4.78, 5) is 32.1. The molecule has 1 aliphatic rings. The average Bonchev–Trinajstić information content (AvgIpc) is 3.23. The molecule has 2 N–H and O–H groups in total. The summed E-state index contributed by atoms with van der Waals surface area (Å²) in [7, 11) is -1.03. The third-order valence-electron chi connectivity index (χ3n) is 6.78. The fraction of sp³-hybridized carbons (Fsp3) is 0.520. The minimum atomic E-state index is -3.92. The summed E-state index contributed by atoms with van der Waals surface area (Å²) < 4.78 is 40.3. The second kappa shape index (κ2) is 11.2. The van der Waals surface area contributed by atoms with Gasteiger partial charge in [-0.25, -0.2) is 18.2 Å². The van der Waals surface area contributed by atoms with Crippen molar-refractivity contribution in [2.45, 2.75) is 50.5 Å². The lowest BCUT2D eigenvalue weighted by Gasteiger charge is -2.32. The maximum Gasteiger partial charge on any atom is 0.334 e. The third kappa shape index (κ3) is 5.18. The van der Waals surface area contributed by atoms with Crippen molar-refractivity contribution in [1.82, 2.24) is 24.1 Å². The smallest absolute Gasteiger partial charge is 0.334 e. The number of aliphatic hydroxyl groups is 1. The zero-order valence-electron chi connectivity index (χ0n) is 21.9. The van der Waals surface area contributed by atoms with Gasteiger partial charge in [0.1, 0.15) is 17.1 Å². The molecule has 3 aromatic rings. The molecule has 12 nitrogen and oxygen atoms in total. The lowest BCUT2D eigenvalue weighted by molar-refractivity contribution is -0.154. The van der Waals surface area contributed by atoms with Crippen LogP contribution < -0.4 is 10.3 Å². The third-order valence-corrected chi connectivity index (χ3v) is 8.68. The number of piperidine rings is 1. The van der Waals surface area contributed by atoms with Crippen molar-refractivity contribution in [3.8, 4) is 17.1 Å². The van der Waals surface area contributed by atoms with Gasteiger partial charge in [0.05, 0.1) is 29.9 Å². The Kier molecular flexibility index (Phi) is 8.19. The number of aliphatic hydroxyl groups excluding tert-OH is 1. The molecule has 0 amide bonds. The van der Waals surface area contributed by atoms with Crippen molar-refractivity contribution in [1.29, 1.82) is 0 Å². The lowest BCUT2D eigenvalue weighted by atomic mass is 9.92. The van der Waals surface area contributed by atoms with Crippen LogP contribution in [0.3, 0.4) is 0 Å². The zero-order valence-corrected chi connectivity index (χ0v) is 22.7. The van der Waals surface area contributed by atoms with Crippen molar-refractivity contribution in [3.05, 3.63) is 34.2 Å². The number of rotatable bonds is 9. The van der Waals surface area contributed by atoms with E-state index >= 15 is 0 Å². The summed E-state index contributed by atoms with van der Waals surface area (Å²) in [6.07, 6.45) is 0.796. The van der Waals surface area contributed by atoms with Crippen molar-refractivity contribution in [2.75, 3.05) is 26.8 Å². The molecule has 1 aliphatic heterocycles. The molecule has 0 saturated carbocycles. The number of sulfonamides is 1. The Morgan fingerprint density at radius 2 is 1.97 bits per heavy atom. The Hall–Kier alpha value is -3.29. The van der Waals surface area contributed by atoms with Gasteiger partial charge < -0.3 is 19.6 Å². The first kappa shape index (κ1) is 27.7. The highest BCUT2D eigenvalue weighted by molar-refractivity contribution is 7.89. The number of carbonyl (C=O) groups excluding carboxylic acids is 1. The van der Waals surface area contributed by atoms with Crippen LogP contribution >= 0.6 is 0 Å². The van der Waals surface area contributed by atoms with Gasteiger partial charge in [-0.1, -0.05) is 13.3 Å². The number of hydrogen-bond acceptors (Lipinski definition) is 9. The van der Waals surface area contributed by atoms with Crippen LogP contribution in [0.5, 0.6) is 5.75 Å². The molecule has 1 unspecified atom stereocenters. The van der Waals surface area contributed by atoms with E-state index in [1.165, 1.54) is 28.2 Å². The number of fused-ring (bicyclic) bond motifs is 1. The van der Waals surface area contributed by atoms with E-state index in [-0.39, 0.29) is 35.3 Å². The fourth-order valence-corrected chi connectivity index (χ4v) is 6.31. The van der Waals surface area contributed by atoms with Gasteiger partial charge in [0.2, 0.25) is 10.0 Å². The van der Waals surface area contributed by atoms with Crippen molar-refractivity contribution in [3.63, 3.8) is 0 Å². The number of ether oxygens (including phenoxy) is 2. The van der Waals surface area contributed by atoms with Gasteiger partial charge in [-0.15, -0.1) is 0 Å². The van der Waals surface area contributed by atoms with Gasteiger partial charge in [-0.05, 0) is 50.3 Å². The Morgan fingerprint density at radius 3 is 2.61 bits per heavy atom. The number of aromatic nitrogens is 4. The number of carbonyl (C=O) groups is 1. The van der Waals surface area contributed by atoms with E-state index in [4.69, 9.17) is 4.74 Å². The van der Waals surface area contributed by atoms with Crippen LogP contribution in [0, 0.1) is 5.92 Å². The number of aromatic amines is 1. The van der Waals surface area contributed by atoms with Gasteiger partial charge >= 0.3 is 5.97 Å². The largest absolute Gasteiger partial charge is 0.493 e. The summed E-state index contributed by atoms with van der Waals surface area (Å²) in [6, 6.07) is 4.47. The molecule has 0 aliphatic carbocycles.